The maximum atomic E-state index is 11.2. The van der Waals surface area contributed by atoms with Crippen LogP contribution in [0.2, 0.25) is 0 Å². The van der Waals surface area contributed by atoms with Gasteiger partial charge in [-0.15, -0.1) is 0 Å². The molecule has 8 N–H and O–H groups in total. The van der Waals surface area contributed by atoms with Gasteiger partial charge < -0.3 is 55.1 Å². The van der Waals surface area contributed by atoms with E-state index in [1.54, 1.807) is 0 Å². The van der Waals surface area contributed by atoms with Crippen LogP contribution in [-0.4, -0.2) is 115 Å². The molecule has 0 aromatic carbocycles. The minimum atomic E-state index is -1.98. The standard InChI is InChI=1S/C12H20O12/c13-1-2-3(14)4(15)7(18)12(22-2)24-8-5(16)6(17)11(21)23-9(8)10(19)20/h2-9,11-18,21H,1H2,(H,19,20)/t2?,3-,4?,5?,6?,7?,8+,9?,11-,12+/m1/s1. The van der Waals surface area contributed by atoms with Crippen LogP contribution in [0.1, 0.15) is 0 Å². The Labute approximate surface area is 135 Å². The summed E-state index contributed by atoms with van der Waals surface area (Å²) in [6.07, 6.45) is -17.8. The van der Waals surface area contributed by atoms with Crippen molar-refractivity contribution in [2.45, 2.75) is 61.4 Å². The molecule has 2 fully saturated rings. The molecule has 0 saturated carbocycles. The van der Waals surface area contributed by atoms with E-state index >= 15 is 0 Å². The van der Waals surface area contributed by atoms with Gasteiger partial charge in [-0.1, -0.05) is 0 Å². The predicted octanol–water partition coefficient (Wildman–Crippen LogP) is -5.30. The SMILES string of the molecule is O=C(O)C1O[C@@H](O)C(O)C(O)[C@@H]1O[C@@H]1OC(CO)[C@@H](O)C(O)C1O. The van der Waals surface area contributed by atoms with Gasteiger partial charge in [-0.3, -0.25) is 0 Å². The molecule has 12 nitrogen and oxygen atoms in total. The van der Waals surface area contributed by atoms with E-state index in [1.807, 2.05) is 0 Å². The molecule has 0 spiro atoms. The zero-order valence-corrected chi connectivity index (χ0v) is 12.2. The molecule has 0 bridgehead atoms. The molecule has 6 unspecified atom stereocenters. The van der Waals surface area contributed by atoms with E-state index in [2.05, 4.69) is 4.74 Å². The highest BCUT2D eigenvalue weighted by molar-refractivity contribution is 5.73. The van der Waals surface area contributed by atoms with Crippen LogP contribution >= 0.6 is 0 Å². The summed E-state index contributed by atoms with van der Waals surface area (Å²) in [5, 5.41) is 76.2. The van der Waals surface area contributed by atoms with Crippen molar-refractivity contribution in [3.05, 3.63) is 0 Å². The molecule has 140 valence electrons. The topological polar surface area (TPSA) is 207 Å². The second-order valence-corrected chi connectivity index (χ2v) is 5.56. The normalized spacial score (nSPS) is 49.8. The quantitative estimate of drug-likeness (QED) is 0.238. The number of rotatable bonds is 4. The van der Waals surface area contributed by atoms with Crippen molar-refractivity contribution in [1.29, 1.82) is 0 Å². The van der Waals surface area contributed by atoms with Gasteiger partial charge in [-0.2, -0.15) is 0 Å². The molecule has 0 aliphatic carbocycles. The number of ether oxygens (including phenoxy) is 3. The van der Waals surface area contributed by atoms with Crippen LogP contribution < -0.4 is 0 Å². The second-order valence-electron chi connectivity index (χ2n) is 5.56. The number of carbonyl (C=O) groups is 1. The lowest BCUT2D eigenvalue weighted by Crippen LogP contribution is -2.65. The first-order valence-electron chi connectivity index (χ1n) is 7.07. The molecule has 10 atom stereocenters. The van der Waals surface area contributed by atoms with Gasteiger partial charge in [0.25, 0.3) is 0 Å². The van der Waals surface area contributed by atoms with Gasteiger partial charge in [0, 0.05) is 0 Å². The van der Waals surface area contributed by atoms with Crippen LogP contribution in [0.15, 0.2) is 0 Å². The zero-order chi connectivity index (χ0) is 18.2. The molecule has 0 amide bonds. The van der Waals surface area contributed by atoms with Gasteiger partial charge in [0.1, 0.15) is 42.7 Å². The molecular formula is C12H20O12. The summed E-state index contributed by atoms with van der Waals surface area (Å²) >= 11 is 0. The molecule has 0 aromatic heterocycles. The number of hydrogen-bond acceptors (Lipinski definition) is 11. The van der Waals surface area contributed by atoms with Crippen molar-refractivity contribution >= 4 is 5.97 Å². The van der Waals surface area contributed by atoms with E-state index in [0.717, 1.165) is 0 Å². The third-order valence-electron chi connectivity index (χ3n) is 3.95. The van der Waals surface area contributed by atoms with E-state index in [9.17, 15) is 35.4 Å². The first-order chi connectivity index (χ1) is 11.2. The van der Waals surface area contributed by atoms with E-state index in [0.29, 0.717) is 0 Å². The molecule has 2 aliphatic heterocycles. The summed E-state index contributed by atoms with van der Waals surface area (Å²) in [7, 11) is 0. The Morgan fingerprint density at radius 2 is 1.50 bits per heavy atom. The average molecular weight is 356 g/mol. The Bertz CT molecular complexity index is 444. The van der Waals surface area contributed by atoms with E-state index in [4.69, 9.17) is 19.7 Å². The molecule has 0 radical (unpaired) electrons. The highest BCUT2D eigenvalue weighted by atomic mass is 16.7. The minimum absolute atomic E-state index is 0.738. The summed E-state index contributed by atoms with van der Waals surface area (Å²) in [5.74, 6) is -1.63. The maximum Gasteiger partial charge on any atom is 0.335 e. The first-order valence-corrected chi connectivity index (χ1v) is 7.07. The highest BCUT2D eigenvalue weighted by Crippen LogP contribution is 2.28. The number of hydrogen-bond donors (Lipinski definition) is 8. The summed E-state index contributed by atoms with van der Waals surface area (Å²) in [6.45, 7) is -0.738. The lowest BCUT2D eigenvalue weighted by molar-refractivity contribution is -0.350. The predicted molar refractivity (Wildman–Crippen MR) is 69.2 cm³/mol. The van der Waals surface area contributed by atoms with Crippen molar-refractivity contribution in [1.82, 2.24) is 0 Å². The maximum absolute atomic E-state index is 11.2. The zero-order valence-electron chi connectivity index (χ0n) is 12.2. The Balaban J connectivity index is 2.18. The average Bonchev–Trinajstić information content (AvgIpc) is 2.54. The van der Waals surface area contributed by atoms with Crippen molar-refractivity contribution in [3.63, 3.8) is 0 Å². The van der Waals surface area contributed by atoms with Crippen molar-refractivity contribution < 1.29 is 59.9 Å². The molecular weight excluding hydrogens is 336 g/mol. The lowest BCUT2D eigenvalue weighted by Gasteiger charge is -2.44. The Morgan fingerprint density at radius 3 is 2.04 bits per heavy atom. The fraction of sp³-hybridized carbons (Fsp3) is 0.917. The molecule has 0 aromatic rings. The fourth-order valence-electron chi connectivity index (χ4n) is 2.54. The van der Waals surface area contributed by atoms with Crippen molar-refractivity contribution in [2.75, 3.05) is 6.61 Å². The molecule has 12 heteroatoms. The van der Waals surface area contributed by atoms with Gasteiger partial charge in [0.05, 0.1) is 6.61 Å². The molecule has 2 heterocycles. The van der Waals surface area contributed by atoms with Crippen LogP contribution in [0.25, 0.3) is 0 Å². The number of carboxylic acids is 1. The highest BCUT2D eigenvalue weighted by Gasteiger charge is 2.52. The summed E-state index contributed by atoms with van der Waals surface area (Å²) in [5.41, 5.74) is 0. The summed E-state index contributed by atoms with van der Waals surface area (Å²) < 4.78 is 14.8. The third kappa shape index (κ3) is 3.52. The third-order valence-corrected chi connectivity index (χ3v) is 3.95. The number of aliphatic hydroxyl groups excluding tert-OH is 7. The molecule has 2 aliphatic rings. The van der Waals surface area contributed by atoms with Gasteiger partial charge in [-0.25, -0.2) is 4.79 Å². The second kappa shape index (κ2) is 7.53. The Kier molecular flexibility index (Phi) is 6.09. The number of aliphatic hydroxyl groups is 7. The number of carboxylic acid groups (broad SMARTS) is 1. The molecule has 2 rings (SSSR count). The van der Waals surface area contributed by atoms with Crippen LogP contribution in [0.5, 0.6) is 0 Å². The van der Waals surface area contributed by atoms with Gasteiger partial charge in [-0.05, 0) is 0 Å². The summed E-state index contributed by atoms with van der Waals surface area (Å²) in [4.78, 5) is 11.2. The minimum Gasteiger partial charge on any atom is -0.479 e. The van der Waals surface area contributed by atoms with Crippen LogP contribution in [0, 0.1) is 0 Å². The fourth-order valence-corrected chi connectivity index (χ4v) is 2.54. The molecule has 24 heavy (non-hydrogen) atoms. The largest absolute Gasteiger partial charge is 0.479 e. The van der Waals surface area contributed by atoms with Gasteiger partial charge in [0.2, 0.25) is 0 Å². The van der Waals surface area contributed by atoms with Crippen molar-refractivity contribution in [2.24, 2.45) is 0 Å². The molecule has 2 saturated heterocycles. The van der Waals surface area contributed by atoms with E-state index in [1.165, 1.54) is 0 Å². The Morgan fingerprint density at radius 1 is 0.875 bits per heavy atom. The summed E-state index contributed by atoms with van der Waals surface area (Å²) in [6, 6.07) is 0. The first kappa shape index (κ1) is 19.4. The van der Waals surface area contributed by atoms with Gasteiger partial charge >= 0.3 is 5.97 Å². The number of aliphatic carboxylic acids is 1. The van der Waals surface area contributed by atoms with Crippen LogP contribution in [-0.2, 0) is 19.0 Å². The van der Waals surface area contributed by atoms with Gasteiger partial charge in [0.15, 0.2) is 18.7 Å². The smallest absolute Gasteiger partial charge is 0.335 e. The monoisotopic (exact) mass is 356 g/mol. The van der Waals surface area contributed by atoms with E-state index < -0.39 is 74.0 Å². The van der Waals surface area contributed by atoms with Crippen LogP contribution in [0.3, 0.4) is 0 Å². The lowest BCUT2D eigenvalue weighted by atomic mass is 9.97. The van der Waals surface area contributed by atoms with Crippen LogP contribution in [0.4, 0.5) is 0 Å². The van der Waals surface area contributed by atoms with E-state index in [-0.39, 0.29) is 0 Å². The Hall–Kier alpha value is -0.930. The van der Waals surface area contributed by atoms with Crippen molar-refractivity contribution in [3.8, 4) is 0 Å².